The Balaban J connectivity index is 1.29. The molecule has 0 radical (unpaired) electrons. The zero-order valence-corrected chi connectivity index (χ0v) is 17.4. The third-order valence-electron chi connectivity index (χ3n) is 5.37. The van der Waals surface area contributed by atoms with Gasteiger partial charge in [-0.05, 0) is 29.8 Å². The number of carbonyl (C=O) groups excluding carboxylic acids is 1. The number of morpholine rings is 1. The standard InChI is InChI=1S/C24H22N6O2/c31-24(18-3-1-17(2-4-18)16-30-9-11-32-12-10-30)29-23-13-21-19(14-27-23)5-6-20(28-21)22-15-25-7-8-26-22/h1-8,13-15H,9-12,16H2,(H,27,29,31). The zero-order valence-electron chi connectivity index (χ0n) is 17.4. The van der Waals surface area contributed by atoms with Crippen LogP contribution in [0.4, 0.5) is 5.82 Å². The minimum Gasteiger partial charge on any atom is -0.379 e. The van der Waals surface area contributed by atoms with E-state index in [0.717, 1.165) is 43.8 Å². The summed E-state index contributed by atoms with van der Waals surface area (Å²) in [6.07, 6.45) is 6.62. The van der Waals surface area contributed by atoms with E-state index in [1.54, 1.807) is 30.9 Å². The lowest BCUT2D eigenvalue weighted by atomic mass is 10.1. The molecule has 1 amide bonds. The minimum atomic E-state index is -0.208. The summed E-state index contributed by atoms with van der Waals surface area (Å²) in [5.74, 6) is 0.239. The van der Waals surface area contributed by atoms with E-state index in [-0.39, 0.29) is 5.91 Å². The van der Waals surface area contributed by atoms with Gasteiger partial charge in [0, 0.05) is 55.2 Å². The number of hydrogen-bond acceptors (Lipinski definition) is 7. The van der Waals surface area contributed by atoms with E-state index < -0.39 is 0 Å². The predicted octanol–water partition coefficient (Wildman–Crippen LogP) is 3.17. The Morgan fingerprint density at radius 3 is 2.59 bits per heavy atom. The lowest BCUT2D eigenvalue weighted by molar-refractivity contribution is 0.0342. The monoisotopic (exact) mass is 426 g/mol. The first kappa shape index (κ1) is 20.2. The molecule has 0 saturated carbocycles. The molecular formula is C24H22N6O2. The Bertz CT molecular complexity index is 1220. The van der Waals surface area contributed by atoms with Crippen LogP contribution in [0.2, 0.25) is 0 Å². The zero-order chi connectivity index (χ0) is 21.8. The maximum atomic E-state index is 12.7. The summed E-state index contributed by atoms with van der Waals surface area (Å²) in [6, 6.07) is 13.2. The second-order valence-electron chi connectivity index (χ2n) is 7.59. The van der Waals surface area contributed by atoms with Crippen molar-refractivity contribution in [2.24, 2.45) is 0 Å². The highest BCUT2D eigenvalue weighted by Gasteiger charge is 2.12. The van der Waals surface area contributed by atoms with Crippen LogP contribution < -0.4 is 5.32 Å². The van der Waals surface area contributed by atoms with Gasteiger partial charge in [0.05, 0.1) is 30.6 Å². The second-order valence-corrected chi connectivity index (χ2v) is 7.59. The van der Waals surface area contributed by atoms with Crippen molar-refractivity contribution in [3.8, 4) is 11.4 Å². The Hall–Kier alpha value is -3.75. The molecule has 1 fully saturated rings. The first-order valence-electron chi connectivity index (χ1n) is 10.5. The van der Waals surface area contributed by atoms with Gasteiger partial charge in [0.15, 0.2) is 0 Å². The van der Waals surface area contributed by atoms with Crippen LogP contribution in [0.1, 0.15) is 15.9 Å². The smallest absolute Gasteiger partial charge is 0.256 e. The molecule has 8 nitrogen and oxygen atoms in total. The van der Waals surface area contributed by atoms with Crippen LogP contribution in [-0.2, 0) is 11.3 Å². The van der Waals surface area contributed by atoms with Gasteiger partial charge in [0.25, 0.3) is 5.91 Å². The second kappa shape index (κ2) is 9.17. The van der Waals surface area contributed by atoms with Gasteiger partial charge in [-0.15, -0.1) is 0 Å². The normalized spacial score (nSPS) is 14.4. The first-order chi connectivity index (χ1) is 15.7. The number of hydrogen-bond donors (Lipinski definition) is 1. The Morgan fingerprint density at radius 2 is 1.81 bits per heavy atom. The van der Waals surface area contributed by atoms with E-state index in [1.807, 2.05) is 36.4 Å². The average Bonchev–Trinajstić information content (AvgIpc) is 2.85. The van der Waals surface area contributed by atoms with Crippen molar-refractivity contribution in [3.63, 3.8) is 0 Å². The van der Waals surface area contributed by atoms with Crippen molar-refractivity contribution in [1.82, 2.24) is 24.8 Å². The summed E-state index contributed by atoms with van der Waals surface area (Å²) in [7, 11) is 0. The number of amides is 1. The Kier molecular flexibility index (Phi) is 5.78. The molecule has 4 aromatic rings. The van der Waals surface area contributed by atoms with Crippen molar-refractivity contribution in [2.45, 2.75) is 6.54 Å². The van der Waals surface area contributed by atoms with Crippen molar-refractivity contribution >= 4 is 22.6 Å². The van der Waals surface area contributed by atoms with Gasteiger partial charge in [-0.2, -0.15) is 0 Å². The number of ether oxygens (including phenoxy) is 1. The molecule has 8 heteroatoms. The number of carbonyl (C=O) groups is 1. The third-order valence-corrected chi connectivity index (χ3v) is 5.37. The fourth-order valence-corrected chi connectivity index (χ4v) is 3.63. The quantitative estimate of drug-likeness (QED) is 0.524. The molecule has 1 aliphatic heterocycles. The number of benzene rings is 1. The van der Waals surface area contributed by atoms with Gasteiger partial charge < -0.3 is 10.1 Å². The molecule has 0 spiro atoms. The highest BCUT2D eigenvalue weighted by atomic mass is 16.5. The summed E-state index contributed by atoms with van der Waals surface area (Å²) in [5.41, 5.74) is 3.88. The largest absolute Gasteiger partial charge is 0.379 e. The molecule has 1 aromatic carbocycles. The number of aromatic nitrogens is 4. The summed E-state index contributed by atoms with van der Waals surface area (Å²) in [6.45, 7) is 4.27. The van der Waals surface area contributed by atoms with E-state index in [2.05, 4.69) is 30.2 Å². The van der Waals surface area contributed by atoms with Gasteiger partial charge >= 0.3 is 0 Å². The Labute approximate surface area is 185 Å². The van der Waals surface area contributed by atoms with Crippen LogP contribution in [0, 0.1) is 0 Å². The summed E-state index contributed by atoms with van der Waals surface area (Å²) in [5, 5.41) is 3.74. The summed E-state index contributed by atoms with van der Waals surface area (Å²) in [4.78, 5) is 32.4. The molecule has 0 unspecified atom stereocenters. The molecule has 1 aliphatic rings. The Morgan fingerprint density at radius 1 is 0.969 bits per heavy atom. The fourth-order valence-electron chi connectivity index (χ4n) is 3.63. The predicted molar refractivity (Wildman–Crippen MR) is 121 cm³/mol. The maximum Gasteiger partial charge on any atom is 0.256 e. The van der Waals surface area contributed by atoms with Crippen molar-refractivity contribution in [2.75, 3.05) is 31.6 Å². The molecule has 0 bridgehead atoms. The van der Waals surface area contributed by atoms with Gasteiger partial charge in [-0.3, -0.25) is 19.7 Å². The van der Waals surface area contributed by atoms with Gasteiger partial charge in [-0.25, -0.2) is 9.97 Å². The molecule has 0 atom stereocenters. The number of pyridine rings is 2. The number of rotatable bonds is 5. The highest BCUT2D eigenvalue weighted by Crippen LogP contribution is 2.20. The number of fused-ring (bicyclic) bond motifs is 1. The highest BCUT2D eigenvalue weighted by molar-refractivity contribution is 6.04. The van der Waals surface area contributed by atoms with E-state index in [1.165, 1.54) is 5.56 Å². The van der Waals surface area contributed by atoms with Crippen LogP contribution in [0.3, 0.4) is 0 Å². The maximum absolute atomic E-state index is 12.7. The summed E-state index contributed by atoms with van der Waals surface area (Å²) < 4.78 is 5.39. The molecule has 32 heavy (non-hydrogen) atoms. The van der Waals surface area contributed by atoms with Crippen LogP contribution in [-0.4, -0.2) is 57.0 Å². The van der Waals surface area contributed by atoms with Crippen LogP contribution >= 0.6 is 0 Å². The first-order valence-corrected chi connectivity index (χ1v) is 10.5. The van der Waals surface area contributed by atoms with E-state index in [9.17, 15) is 4.79 Å². The van der Waals surface area contributed by atoms with Crippen molar-refractivity contribution in [3.05, 3.63) is 78.4 Å². The molecule has 1 saturated heterocycles. The lowest BCUT2D eigenvalue weighted by Gasteiger charge is -2.26. The lowest BCUT2D eigenvalue weighted by Crippen LogP contribution is -2.35. The third kappa shape index (κ3) is 4.61. The number of anilines is 1. The molecule has 0 aliphatic carbocycles. The average molecular weight is 426 g/mol. The number of nitrogens with zero attached hydrogens (tertiary/aromatic N) is 5. The van der Waals surface area contributed by atoms with Gasteiger partial charge in [0.2, 0.25) is 0 Å². The van der Waals surface area contributed by atoms with E-state index in [0.29, 0.717) is 22.8 Å². The van der Waals surface area contributed by atoms with Crippen LogP contribution in [0.5, 0.6) is 0 Å². The molecule has 3 aromatic heterocycles. The molecule has 5 rings (SSSR count). The van der Waals surface area contributed by atoms with E-state index >= 15 is 0 Å². The van der Waals surface area contributed by atoms with E-state index in [4.69, 9.17) is 4.74 Å². The van der Waals surface area contributed by atoms with Crippen molar-refractivity contribution in [1.29, 1.82) is 0 Å². The molecule has 1 N–H and O–H groups in total. The minimum absolute atomic E-state index is 0.208. The topological polar surface area (TPSA) is 93.1 Å². The van der Waals surface area contributed by atoms with Crippen molar-refractivity contribution < 1.29 is 9.53 Å². The number of nitrogens with one attached hydrogen (secondary N) is 1. The fraction of sp³-hybridized carbons (Fsp3) is 0.208. The molecular weight excluding hydrogens is 404 g/mol. The van der Waals surface area contributed by atoms with Gasteiger partial charge in [-0.1, -0.05) is 12.1 Å². The van der Waals surface area contributed by atoms with Gasteiger partial charge in [0.1, 0.15) is 11.5 Å². The molecule has 160 valence electrons. The van der Waals surface area contributed by atoms with Crippen LogP contribution in [0.25, 0.3) is 22.3 Å². The molecule has 4 heterocycles. The summed E-state index contributed by atoms with van der Waals surface area (Å²) >= 11 is 0. The van der Waals surface area contributed by atoms with Crippen LogP contribution in [0.15, 0.2) is 67.3 Å². The SMILES string of the molecule is O=C(Nc1cc2nc(-c3cnccn3)ccc2cn1)c1ccc(CN2CCOCC2)cc1.